The Morgan fingerprint density at radius 1 is 1.12 bits per heavy atom. The topological polar surface area (TPSA) is 44.1 Å². The predicted octanol–water partition coefficient (Wildman–Crippen LogP) is 5.01. The number of nitrogens with zero attached hydrogens (tertiary/aromatic N) is 2. The van der Waals surface area contributed by atoms with Gasteiger partial charge in [-0.1, -0.05) is 49.6 Å². The lowest BCUT2D eigenvalue weighted by atomic mass is 9.95. The van der Waals surface area contributed by atoms with Crippen molar-refractivity contribution in [2.75, 3.05) is 0 Å². The van der Waals surface area contributed by atoms with E-state index in [0.717, 1.165) is 24.1 Å². The molecule has 1 aliphatic rings. The summed E-state index contributed by atoms with van der Waals surface area (Å²) in [7, 11) is 0. The summed E-state index contributed by atoms with van der Waals surface area (Å²) in [6.07, 6.45) is 7.70. The second-order valence-corrected chi connectivity index (χ2v) is 7.51. The van der Waals surface area contributed by atoms with Gasteiger partial charge in [0, 0.05) is 11.6 Å². The molecule has 0 atom stereocenters. The van der Waals surface area contributed by atoms with E-state index in [2.05, 4.69) is 9.55 Å². The summed E-state index contributed by atoms with van der Waals surface area (Å²) < 4.78 is 7.73. The molecule has 4 nitrogen and oxygen atoms in total. The number of hydrogen-bond donors (Lipinski definition) is 0. The second kappa shape index (κ2) is 6.80. The Labute approximate surface area is 143 Å². The first kappa shape index (κ1) is 16.7. The molecule has 2 aromatic rings. The van der Waals surface area contributed by atoms with Crippen LogP contribution in [-0.4, -0.2) is 21.1 Å². The van der Waals surface area contributed by atoms with E-state index in [1.165, 1.54) is 19.3 Å². The summed E-state index contributed by atoms with van der Waals surface area (Å²) in [5, 5.41) is 0. The summed E-state index contributed by atoms with van der Waals surface area (Å²) in [5.41, 5.74) is 1.73. The van der Waals surface area contributed by atoms with Crippen LogP contribution in [0.5, 0.6) is 0 Å². The van der Waals surface area contributed by atoms with E-state index in [4.69, 9.17) is 4.74 Å². The van der Waals surface area contributed by atoms with Gasteiger partial charge in [0.1, 0.15) is 11.3 Å². The number of hydrogen-bond acceptors (Lipinski definition) is 3. The monoisotopic (exact) mass is 326 g/mol. The van der Waals surface area contributed by atoms with E-state index >= 15 is 0 Å². The van der Waals surface area contributed by atoms with Crippen LogP contribution in [-0.2, 0) is 4.74 Å². The Bertz CT molecular complexity index is 692. The minimum absolute atomic E-state index is 0.288. The maximum atomic E-state index is 12.9. The molecule has 0 bridgehead atoms. The molecule has 1 fully saturated rings. The first-order valence-electron chi connectivity index (χ1n) is 8.81. The Morgan fingerprint density at radius 3 is 2.42 bits per heavy atom. The molecule has 0 radical (unpaired) electrons. The van der Waals surface area contributed by atoms with E-state index in [1.807, 2.05) is 57.4 Å². The Hall–Kier alpha value is -2.10. The zero-order valence-electron chi connectivity index (χ0n) is 14.8. The van der Waals surface area contributed by atoms with Crippen molar-refractivity contribution in [3.05, 3.63) is 42.4 Å². The van der Waals surface area contributed by atoms with Crippen molar-refractivity contribution in [2.24, 2.45) is 0 Å². The fourth-order valence-corrected chi connectivity index (χ4v) is 3.33. The number of rotatable bonds is 3. The molecule has 128 valence electrons. The lowest BCUT2D eigenvalue weighted by Gasteiger charge is -2.26. The largest absolute Gasteiger partial charge is 0.455 e. The van der Waals surface area contributed by atoms with Crippen molar-refractivity contribution < 1.29 is 9.53 Å². The predicted molar refractivity (Wildman–Crippen MR) is 95.0 cm³/mol. The molecule has 0 aliphatic heterocycles. The smallest absolute Gasteiger partial charge is 0.357 e. The summed E-state index contributed by atoms with van der Waals surface area (Å²) in [5.74, 6) is -0.288. The fraction of sp³-hybridized carbons (Fsp3) is 0.500. The second-order valence-electron chi connectivity index (χ2n) is 7.51. The summed E-state index contributed by atoms with van der Waals surface area (Å²) in [6, 6.07) is 10.2. The summed E-state index contributed by atoms with van der Waals surface area (Å²) in [4.78, 5) is 17.5. The number of carbonyl (C=O) groups is 1. The van der Waals surface area contributed by atoms with Gasteiger partial charge in [0.15, 0.2) is 5.69 Å². The van der Waals surface area contributed by atoms with Gasteiger partial charge in [-0.25, -0.2) is 9.78 Å². The fourth-order valence-electron chi connectivity index (χ4n) is 3.33. The van der Waals surface area contributed by atoms with Crippen molar-refractivity contribution in [1.29, 1.82) is 0 Å². The van der Waals surface area contributed by atoms with Crippen molar-refractivity contribution in [3.63, 3.8) is 0 Å². The van der Waals surface area contributed by atoms with E-state index in [-0.39, 0.29) is 5.97 Å². The minimum Gasteiger partial charge on any atom is -0.455 e. The van der Waals surface area contributed by atoms with Crippen molar-refractivity contribution in [1.82, 2.24) is 9.55 Å². The van der Waals surface area contributed by atoms with Crippen LogP contribution < -0.4 is 0 Å². The zero-order chi connectivity index (χ0) is 17.2. The average molecular weight is 326 g/mol. The lowest BCUT2D eigenvalue weighted by molar-refractivity contribution is 0.00554. The van der Waals surface area contributed by atoms with E-state index < -0.39 is 5.60 Å². The van der Waals surface area contributed by atoms with Gasteiger partial charge in [-0.3, -0.25) is 0 Å². The first-order chi connectivity index (χ1) is 11.5. The molecular weight excluding hydrogens is 300 g/mol. The van der Waals surface area contributed by atoms with Crippen LogP contribution in [0.4, 0.5) is 0 Å². The molecule has 1 saturated carbocycles. The Balaban J connectivity index is 2.03. The van der Waals surface area contributed by atoms with Gasteiger partial charge < -0.3 is 9.30 Å². The SMILES string of the molecule is CC(C)(C)OC(=O)c1c(-c2ccccc2)ncn1C1CCCCC1. The molecule has 1 aliphatic carbocycles. The number of esters is 1. The van der Waals surface area contributed by atoms with Gasteiger partial charge in [-0.2, -0.15) is 0 Å². The molecule has 3 rings (SSSR count). The van der Waals surface area contributed by atoms with Crippen LogP contribution in [0.25, 0.3) is 11.3 Å². The van der Waals surface area contributed by atoms with Gasteiger partial charge in [0.25, 0.3) is 0 Å². The van der Waals surface area contributed by atoms with Crippen LogP contribution in [0.1, 0.15) is 69.4 Å². The van der Waals surface area contributed by atoms with E-state index in [1.54, 1.807) is 0 Å². The van der Waals surface area contributed by atoms with Crippen LogP contribution in [0, 0.1) is 0 Å². The Kier molecular flexibility index (Phi) is 4.74. The number of imidazole rings is 1. The molecule has 0 amide bonds. The van der Waals surface area contributed by atoms with Gasteiger partial charge >= 0.3 is 5.97 Å². The number of ether oxygens (including phenoxy) is 1. The van der Waals surface area contributed by atoms with Crippen molar-refractivity contribution in [3.8, 4) is 11.3 Å². The molecule has 1 aromatic heterocycles. The number of aromatic nitrogens is 2. The minimum atomic E-state index is -0.521. The molecule has 1 aromatic carbocycles. The molecule has 1 heterocycles. The van der Waals surface area contributed by atoms with Gasteiger partial charge in [0.2, 0.25) is 0 Å². The van der Waals surface area contributed by atoms with E-state index in [0.29, 0.717) is 11.7 Å². The van der Waals surface area contributed by atoms with Crippen molar-refractivity contribution in [2.45, 2.75) is 64.5 Å². The molecule has 0 saturated heterocycles. The van der Waals surface area contributed by atoms with Crippen LogP contribution >= 0.6 is 0 Å². The van der Waals surface area contributed by atoms with Crippen LogP contribution in [0.3, 0.4) is 0 Å². The molecule has 24 heavy (non-hydrogen) atoms. The molecular formula is C20H26N2O2. The molecule has 0 spiro atoms. The maximum Gasteiger partial charge on any atom is 0.357 e. The third kappa shape index (κ3) is 3.69. The summed E-state index contributed by atoms with van der Waals surface area (Å²) >= 11 is 0. The third-order valence-electron chi connectivity index (χ3n) is 4.40. The molecule has 0 unspecified atom stereocenters. The standard InChI is InChI=1S/C20H26N2O2/c1-20(2,3)24-19(23)18-17(15-10-6-4-7-11-15)21-14-22(18)16-12-8-5-9-13-16/h4,6-7,10-11,14,16H,5,8-9,12-13H2,1-3H3. The molecule has 0 N–H and O–H groups in total. The average Bonchev–Trinajstić information content (AvgIpc) is 3.00. The van der Waals surface area contributed by atoms with Crippen molar-refractivity contribution >= 4 is 5.97 Å². The highest BCUT2D eigenvalue weighted by molar-refractivity contribution is 5.94. The van der Waals surface area contributed by atoms with Crippen LogP contribution in [0.2, 0.25) is 0 Å². The number of carbonyl (C=O) groups excluding carboxylic acids is 1. The highest BCUT2D eigenvalue weighted by atomic mass is 16.6. The van der Waals surface area contributed by atoms with Gasteiger partial charge in [-0.05, 0) is 33.6 Å². The van der Waals surface area contributed by atoms with E-state index in [9.17, 15) is 4.79 Å². The van der Waals surface area contributed by atoms with Gasteiger partial charge in [-0.15, -0.1) is 0 Å². The summed E-state index contributed by atoms with van der Waals surface area (Å²) in [6.45, 7) is 5.69. The lowest BCUT2D eigenvalue weighted by Crippen LogP contribution is -2.27. The highest BCUT2D eigenvalue weighted by Gasteiger charge is 2.29. The quantitative estimate of drug-likeness (QED) is 0.745. The third-order valence-corrected chi connectivity index (χ3v) is 4.40. The van der Waals surface area contributed by atoms with Gasteiger partial charge in [0.05, 0.1) is 6.33 Å². The first-order valence-corrected chi connectivity index (χ1v) is 8.81. The maximum absolute atomic E-state index is 12.9. The number of benzene rings is 1. The molecule has 4 heteroatoms. The van der Waals surface area contributed by atoms with Crippen LogP contribution in [0.15, 0.2) is 36.7 Å². The normalized spacial score (nSPS) is 16.1. The zero-order valence-corrected chi connectivity index (χ0v) is 14.8. The highest BCUT2D eigenvalue weighted by Crippen LogP contribution is 2.33. The Morgan fingerprint density at radius 2 is 1.79 bits per heavy atom.